The van der Waals surface area contributed by atoms with E-state index in [1.54, 1.807) is 18.2 Å². The van der Waals surface area contributed by atoms with E-state index in [1.807, 2.05) is 48.5 Å². The van der Waals surface area contributed by atoms with Gasteiger partial charge in [0.25, 0.3) is 5.91 Å². The second kappa shape index (κ2) is 9.66. The molecule has 0 unspecified atom stereocenters. The molecule has 0 aromatic heterocycles. The Morgan fingerprint density at radius 2 is 1.66 bits per heavy atom. The van der Waals surface area contributed by atoms with Crippen LogP contribution >= 0.6 is 69.6 Å². The molecule has 3 rings (SSSR count). The van der Waals surface area contributed by atoms with E-state index in [4.69, 9.17) is 47.0 Å². The summed E-state index contributed by atoms with van der Waals surface area (Å²) in [5.74, 6) is -0.389. The van der Waals surface area contributed by atoms with E-state index in [1.165, 1.54) is 0 Å². The van der Waals surface area contributed by atoms with Gasteiger partial charge in [0.15, 0.2) is 5.11 Å². The highest BCUT2D eigenvalue weighted by atomic mass is 127. The number of halogens is 4. The lowest BCUT2D eigenvalue weighted by Crippen LogP contribution is -2.56. The lowest BCUT2D eigenvalue weighted by Gasteiger charge is -2.28. The highest BCUT2D eigenvalue weighted by molar-refractivity contribution is 14.1. The summed E-state index contributed by atoms with van der Waals surface area (Å²) in [6.45, 7) is 0. The Morgan fingerprint density at radius 3 is 2.38 bits per heavy atom. The van der Waals surface area contributed by atoms with E-state index in [2.05, 4.69) is 38.5 Å². The second-order valence-electron chi connectivity index (χ2n) is 6.08. The molecule has 0 bridgehead atoms. The molecule has 1 atom stereocenters. The standard InChI is InChI=1S/C20H15Cl3IN3OS/c21-20(22,23)18(26-17(28)13-7-3-8-14(24)11-13)27-19(29)25-16-10-4-6-12-5-1-2-9-15(12)16/h1-11,18H,(H,26,28)(H2,25,27,29)/t18-/m0/s1. The summed E-state index contributed by atoms with van der Waals surface area (Å²) in [5.41, 5.74) is 1.25. The normalized spacial score (nSPS) is 12.3. The van der Waals surface area contributed by atoms with Gasteiger partial charge in [0, 0.05) is 20.2 Å². The van der Waals surface area contributed by atoms with Gasteiger partial charge in [0.1, 0.15) is 6.17 Å². The molecule has 150 valence electrons. The van der Waals surface area contributed by atoms with Crippen LogP contribution < -0.4 is 16.0 Å². The summed E-state index contributed by atoms with van der Waals surface area (Å²) in [6.07, 6.45) is -1.05. The minimum absolute atomic E-state index is 0.209. The van der Waals surface area contributed by atoms with Gasteiger partial charge in [-0.15, -0.1) is 0 Å². The Kier molecular flexibility index (Phi) is 7.45. The fourth-order valence-corrected chi connectivity index (χ4v) is 3.77. The van der Waals surface area contributed by atoms with Gasteiger partial charge < -0.3 is 16.0 Å². The van der Waals surface area contributed by atoms with E-state index in [0.29, 0.717) is 5.56 Å². The van der Waals surface area contributed by atoms with E-state index in [-0.39, 0.29) is 11.0 Å². The van der Waals surface area contributed by atoms with Crippen LogP contribution in [0.5, 0.6) is 0 Å². The maximum atomic E-state index is 12.6. The summed E-state index contributed by atoms with van der Waals surface area (Å²) in [4.78, 5) is 12.6. The van der Waals surface area contributed by atoms with E-state index >= 15 is 0 Å². The lowest BCUT2D eigenvalue weighted by molar-refractivity contribution is 0.0934. The highest BCUT2D eigenvalue weighted by Gasteiger charge is 2.35. The lowest BCUT2D eigenvalue weighted by atomic mass is 10.1. The number of thiocarbonyl (C=S) groups is 1. The molecule has 0 aliphatic rings. The van der Waals surface area contributed by atoms with Crippen molar-refractivity contribution in [3.63, 3.8) is 0 Å². The van der Waals surface area contributed by atoms with Crippen LogP contribution in [0.2, 0.25) is 0 Å². The number of hydrogen-bond acceptors (Lipinski definition) is 2. The van der Waals surface area contributed by atoms with Gasteiger partial charge in [-0.2, -0.15) is 0 Å². The van der Waals surface area contributed by atoms with Crippen LogP contribution in [-0.2, 0) is 0 Å². The summed E-state index contributed by atoms with van der Waals surface area (Å²) in [5, 5.41) is 10.9. The van der Waals surface area contributed by atoms with E-state index < -0.39 is 9.96 Å². The fourth-order valence-electron chi connectivity index (χ4n) is 2.67. The Morgan fingerprint density at radius 1 is 0.966 bits per heavy atom. The fraction of sp³-hybridized carbons (Fsp3) is 0.100. The van der Waals surface area contributed by atoms with Crippen molar-refractivity contribution in [3.05, 3.63) is 75.9 Å². The topological polar surface area (TPSA) is 53.2 Å². The van der Waals surface area contributed by atoms with Crippen LogP contribution in [0, 0.1) is 3.57 Å². The molecule has 1 amide bonds. The Labute approximate surface area is 202 Å². The number of alkyl halides is 3. The smallest absolute Gasteiger partial charge is 0.253 e. The maximum Gasteiger partial charge on any atom is 0.253 e. The minimum atomic E-state index is -1.83. The number of nitrogens with one attached hydrogen (secondary N) is 3. The van der Waals surface area contributed by atoms with Gasteiger partial charge in [-0.3, -0.25) is 4.79 Å². The monoisotopic (exact) mass is 577 g/mol. The van der Waals surface area contributed by atoms with E-state index in [0.717, 1.165) is 20.0 Å². The van der Waals surface area contributed by atoms with Crippen LogP contribution in [-0.4, -0.2) is 21.0 Å². The van der Waals surface area contributed by atoms with Crippen molar-refractivity contribution >= 4 is 97.1 Å². The number of carbonyl (C=O) groups is 1. The number of hydrogen-bond donors (Lipinski definition) is 3. The van der Waals surface area contributed by atoms with Crippen molar-refractivity contribution in [2.45, 2.75) is 9.96 Å². The molecule has 3 aromatic carbocycles. The minimum Gasteiger partial charge on any atom is -0.339 e. The van der Waals surface area contributed by atoms with Crippen molar-refractivity contribution in [1.29, 1.82) is 0 Å². The first kappa shape index (κ1) is 22.4. The van der Waals surface area contributed by atoms with E-state index in [9.17, 15) is 4.79 Å². The average Bonchev–Trinajstić information content (AvgIpc) is 2.67. The van der Waals surface area contributed by atoms with Gasteiger partial charge in [-0.25, -0.2) is 0 Å². The summed E-state index contributed by atoms with van der Waals surface area (Å²) >= 11 is 25.7. The van der Waals surface area contributed by atoms with Crippen LogP contribution in [0.25, 0.3) is 10.8 Å². The molecular weight excluding hydrogens is 564 g/mol. The maximum absolute atomic E-state index is 12.6. The van der Waals surface area contributed by atoms with Gasteiger partial charge in [-0.05, 0) is 64.5 Å². The van der Waals surface area contributed by atoms with Gasteiger partial charge >= 0.3 is 0 Å². The number of fused-ring (bicyclic) bond motifs is 1. The average molecular weight is 579 g/mol. The number of carbonyl (C=O) groups excluding carboxylic acids is 1. The molecular formula is C20H15Cl3IN3OS. The molecule has 0 radical (unpaired) electrons. The van der Waals surface area contributed by atoms with Crippen molar-refractivity contribution < 1.29 is 4.79 Å². The first-order valence-corrected chi connectivity index (χ1v) is 11.0. The zero-order valence-corrected chi connectivity index (χ0v) is 20.0. The zero-order chi connectivity index (χ0) is 21.0. The Balaban J connectivity index is 1.74. The SMILES string of the molecule is O=C(N[C@@H](NC(=S)Nc1cccc2ccccc12)C(Cl)(Cl)Cl)c1cccc(I)c1. The molecule has 0 fully saturated rings. The molecule has 4 nitrogen and oxygen atoms in total. The number of benzene rings is 3. The molecule has 3 aromatic rings. The molecule has 0 spiro atoms. The number of anilines is 1. The summed E-state index contributed by atoms with van der Waals surface area (Å²) in [7, 11) is 0. The van der Waals surface area contributed by atoms with Crippen molar-refractivity contribution in [1.82, 2.24) is 10.6 Å². The molecule has 0 saturated carbocycles. The predicted molar refractivity (Wildman–Crippen MR) is 134 cm³/mol. The molecule has 0 aliphatic heterocycles. The third-order valence-corrected chi connectivity index (χ3v) is 5.55. The Hall–Kier alpha value is -1.32. The summed E-state index contributed by atoms with van der Waals surface area (Å²) < 4.78 is -0.913. The van der Waals surface area contributed by atoms with Gasteiger partial charge in [0.05, 0.1) is 0 Å². The third-order valence-electron chi connectivity index (χ3n) is 4.00. The van der Waals surface area contributed by atoms with Crippen LogP contribution in [0.4, 0.5) is 5.69 Å². The predicted octanol–water partition coefficient (Wildman–Crippen LogP) is 5.86. The van der Waals surface area contributed by atoms with Crippen LogP contribution in [0.15, 0.2) is 66.7 Å². The first-order valence-electron chi connectivity index (χ1n) is 8.42. The largest absolute Gasteiger partial charge is 0.339 e. The van der Waals surface area contributed by atoms with Crippen molar-refractivity contribution in [2.24, 2.45) is 0 Å². The van der Waals surface area contributed by atoms with Crippen LogP contribution in [0.3, 0.4) is 0 Å². The number of amides is 1. The molecule has 0 heterocycles. The molecule has 29 heavy (non-hydrogen) atoms. The molecule has 9 heteroatoms. The molecule has 0 saturated heterocycles. The van der Waals surface area contributed by atoms with Crippen molar-refractivity contribution in [3.8, 4) is 0 Å². The third kappa shape index (κ3) is 6.08. The first-order chi connectivity index (χ1) is 13.7. The van der Waals surface area contributed by atoms with Crippen LogP contribution in [0.1, 0.15) is 10.4 Å². The second-order valence-corrected chi connectivity index (χ2v) is 10.1. The van der Waals surface area contributed by atoms with Crippen molar-refractivity contribution in [2.75, 3.05) is 5.32 Å². The van der Waals surface area contributed by atoms with Gasteiger partial charge in [-0.1, -0.05) is 77.3 Å². The quantitative estimate of drug-likeness (QED) is 0.157. The molecule has 0 aliphatic carbocycles. The zero-order valence-electron chi connectivity index (χ0n) is 14.8. The van der Waals surface area contributed by atoms with Gasteiger partial charge in [0.2, 0.25) is 3.79 Å². The summed E-state index contributed by atoms with van der Waals surface area (Å²) in [6, 6.07) is 20.8. The highest BCUT2D eigenvalue weighted by Crippen LogP contribution is 2.30. The Bertz CT molecular complexity index is 1050. The number of rotatable bonds is 4. The molecule has 3 N–H and O–H groups in total.